The molecule has 2 aliphatic rings. The van der Waals surface area contributed by atoms with Crippen molar-refractivity contribution in [2.75, 3.05) is 0 Å². The summed E-state index contributed by atoms with van der Waals surface area (Å²) in [6.45, 7) is 0. The highest BCUT2D eigenvalue weighted by Gasteiger charge is 2.49. The summed E-state index contributed by atoms with van der Waals surface area (Å²) in [5.74, 6) is 0.0820. The Morgan fingerprint density at radius 3 is 3.06 bits per heavy atom. The highest BCUT2D eigenvalue weighted by Crippen LogP contribution is 2.42. The predicted molar refractivity (Wildman–Crippen MR) is 57.1 cm³/mol. The summed E-state index contributed by atoms with van der Waals surface area (Å²) in [6.07, 6.45) is 2.42. The average Bonchev–Trinajstić information content (AvgIpc) is 2.89. The third-order valence-electron chi connectivity index (χ3n) is 2.86. The lowest BCUT2D eigenvalue weighted by atomic mass is 9.96. The predicted octanol–water partition coefficient (Wildman–Crippen LogP) is 2.52. The fraction of sp³-hybridized carbons (Fsp3) is 0.250. The Balaban J connectivity index is 2.11. The Morgan fingerprint density at radius 1 is 1.44 bits per heavy atom. The molecule has 1 unspecified atom stereocenters. The molecule has 1 N–H and O–H groups in total. The molecular weight excluding hydrogens is 242 g/mol. The Labute approximate surface area is 101 Å². The second kappa shape index (κ2) is 3.68. The summed E-state index contributed by atoms with van der Waals surface area (Å²) in [5.41, 5.74) is 1.37. The summed E-state index contributed by atoms with van der Waals surface area (Å²) in [6, 6.07) is 1.99. The van der Waals surface area contributed by atoms with Gasteiger partial charge in [-0.3, -0.25) is 4.74 Å². The van der Waals surface area contributed by atoms with Crippen molar-refractivity contribution in [1.29, 1.82) is 5.26 Å². The molecule has 1 aliphatic carbocycles. The van der Waals surface area contributed by atoms with E-state index in [9.17, 15) is 8.78 Å². The van der Waals surface area contributed by atoms with Crippen LogP contribution in [0.1, 0.15) is 17.5 Å². The lowest BCUT2D eigenvalue weighted by molar-refractivity contribution is -0.341. The summed E-state index contributed by atoms with van der Waals surface area (Å²) in [7, 11) is 0. The van der Waals surface area contributed by atoms with Crippen LogP contribution in [-0.2, 0) is 9.47 Å². The van der Waals surface area contributed by atoms with Gasteiger partial charge in [0.25, 0.3) is 0 Å². The number of nitrogens with one attached hydrogen (secondary N) is 1. The van der Waals surface area contributed by atoms with Crippen molar-refractivity contribution in [3.8, 4) is 6.07 Å². The summed E-state index contributed by atoms with van der Waals surface area (Å²) in [4.78, 5) is 2.77. The zero-order valence-corrected chi connectivity index (χ0v) is 9.11. The number of halogens is 2. The van der Waals surface area contributed by atoms with Crippen LogP contribution >= 0.6 is 0 Å². The molecule has 1 aliphatic heterocycles. The minimum atomic E-state index is -3.60. The third-order valence-corrected chi connectivity index (χ3v) is 2.86. The second-order valence-corrected chi connectivity index (χ2v) is 3.98. The zero-order chi connectivity index (χ0) is 12.8. The van der Waals surface area contributed by atoms with E-state index >= 15 is 0 Å². The van der Waals surface area contributed by atoms with E-state index in [0.29, 0.717) is 23.1 Å². The molecule has 0 bridgehead atoms. The number of ether oxygens (including phenoxy) is 2. The van der Waals surface area contributed by atoms with Crippen LogP contribution in [0, 0.1) is 11.3 Å². The maximum absolute atomic E-state index is 13.1. The van der Waals surface area contributed by atoms with Crippen LogP contribution in [0.25, 0.3) is 5.57 Å². The zero-order valence-electron chi connectivity index (χ0n) is 9.11. The van der Waals surface area contributed by atoms with E-state index in [1.54, 1.807) is 18.3 Å². The quantitative estimate of drug-likeness (QED) is 0.833. The molecule has 0 spiro atoms. The number of hydrogen-bond acceptors (Lipinski definition) is 3. The molecule has 0 amide bonds. The standard InChI is InChI=1S/C12H8F2N2O2/c13-12(14)17-10-3-1-2-8(11(10)18-12)9-6-16-5-7(9)4-15/h1-2,5-6,10,16H,3H2. The van der Waals surface area contributed by atoms with E-state index < -0.39 is 12.4 Å². The SMILES string of the molecule is N#Cc1c[nH]cc1C1=C2OC(F)(F)OC2CC=C1. The van der Waals surface area contributed by atoms with Gasteiger partial charge in [-0.05, 0) is 6.42 Å². The number of nitriles is 1. The smallest absolute Gasteiger partial charge is 0.410 e. The van der Waals surface area contributed by atoms with Gasteiger partial charge in [-0.1, -0.05) is 12.2 Å². The number of aromatic nitrogens is 1. The van der Waals surface area contributed by atoms with Crippen LogP contribution in [0.5, 0.6) is 0 Å². The van der Waals surface area contributed by atoms with Crippen molar-refractivity contribution in [2.24, 2.45) is 0 Å². The first-order chi connectivity index (χ1) is 8.61. The van der Waals surface area contributed by atoms with Gasteiger partial charge in [-0.15, -0.1) is 8.78 Å². The first-order valence-corrected chi connectivity index (χ1v) is 5.33. The van der Waals surface area contributed by atoms with E-state index in [1.165, 1.54) is 6.20 Å². The van der Waals surface area contributed by atoms with Crippen LogP contribution in [0.4, 0.5) is 8.78 Å². The molecule has 2 heterocycles. The van der Waals surface area contributed by atoms with Crippen LogP contribution < -0.4 is 0 Å². The van der Waals surface area contributed by atoms with Gasteiger partial charge in [0.05, 0.1) is 5.56 Å². The Bertz CT molecular complexity index is 595. The molecule has 0 aromatic carbocycles. The fourth-order valence-electron chi connectivity index (χ4n) is 2.11. The van der Waals surface area contributed by atoms with Crippen molar-refractivity contribution >= 4 is 5.57 Å². The molecule has 1 aromatic rings. The van der Waals surface area contributed by atoms with Crippen molar-refractivity contribution in [2.45, 2.75) is 18.8 Å². The topological polar surface area (TPSA) is 58.0 Å². The number of aromatic amines is 1. The number of alkyl halides is 2. The Morgan fingerprint density at radius 2 is 2.28 bits per heavy atom. The van der Waals surface area contributed by atoms with Crippen molar-refractivity contribution in [3.05, 3.63) is 41.4 Å². The summed E-state index contributed by atoms with van der Waals surface area (Å²) in [5, 5.41) is 8.94. The fourth-order valence-corrected chi connectivity index (χ4v) is 2.11. The molecule has 0 radical (unpaired) electrons. The number of H-pyrrole nitrogens is 1. The molecule has 1 atom stereocenters. The number of nitrogens with zero attached hydrogens (tertiary/aromatic N) is 1. The number of hydrogen-bond donors (Lipinski definition) is 1. The third kappa shape index (κ3) is 1.60. The number of rotatable bonds is 1. The first-order valence-electron chi connectivity index (χ1n) is 5.33. The van der Waals surface area contributed by atoms with Crippen molar-refractivity contribution in [1.82, 2.24) is 4.98 Å². The van der Waals surface area contributed by atoms with E-state index in [-0.39, 0.29) is 5.76 Å². The highest BCUT2D eigenvalue weighted by atomic mass is 19.3. The lowest BCUT2D eigenvalue weighted by Crippen LogP contribution is -2.17. The van der Waals surface area contributed by atoms with E-state index in [4.69, 9.17) is 5.26 Å². The maximum atomic E-state index is 13.1. The molecule has 6 heteroatoms. The molecule has 92 valence electrons. The van der Waals surface area contributed by atoms with Crippen LogP contribution in [0.2, 0.25) is 0 Å². The summed E-state index contributed by atoms with van der Waals surface area (Å²) >= 11 is 0. The maximum Gasteiger partial charge on any atom is 0.535 e. The van der Waals surface area contributed by atoms with E-state index in [1.807, 2.05) is 6.07 Å². The number of fused-ring (bicyclic) bond motifs is 1. The molecule has 3 rings (SSSR count). The normalized spacial score (nSPS) is 24.6. The van der Waals surface area contributed by atoms with Crippen molar-refractivity contribution < 1.29 is 18.3 Å². The van der Waals surface area contributed by atoms with Crippen LogP contribution in [0.3, 0.4) is 0 Å². The van der Waals surface area contributed by atoms with Gasteiger partial charge in [-0.2, -0.15) is 5.26 Å². The number of allylic oxidation sites excluding steroid dienone is 2. The van der Waals surface area contributed by atoms with Gasteiger partial charge >= 0.3 is 6.29 Å². The molecule has 1 saturated heterocycles. The van der Waals surface area contributed by atoms with Gasteiger partial charge in [0.15, 0.2) is 0 Å². The molecule has 0 saturated carbocycles. The Hall–Kier alpha value is -2.13. The average molecular weight is 250 g/mol. The first kappa shape index (κ1) is 11.0. The van der Waals surface area contributed by atoms with Crippen LogP contribution in [-0.4, -0.2) is 17.4 Å². The minimum Gasteiger partial charge on any atom is -0.410 e. The van der Waals surface area contributed by atoms with Gasteiger partial charge in [0.2, 0.25) is 0 Å². The summed E-state index contributed by atoms with van der Waals surface area (Å²) < 4.78 is 35.2. The van der Waals surface area contributed by atoms with Crippen molar-refractivity contribution in [3.63, 3.8) is 0 Å². The van der Waals surface area contributed by atoms with Gasteiger partial charge in [-0.25, -0.2) is 0 Å². The van der Waals surface area contributed by atoms with Gasteiger partial charge in [0, 0.05) is 23.5 Å². The monoisotopic (exact) mass is 250 g/mol. The van der Waals surface area contributed by atoms with E-state index in [2.05, 4.69) is 14.5 Å². The van der Waals surface area contributed by atoms with E-state index in [0.717, 1.165) is 0 Å². The van der Waals surface area contributed by atoms with Crippen LogP contribution in [0.15, 0.2) is 30.3 Å². The molecule has 1 fully saturated rings. The largest absolute Gasteiger partial charge is 0.535 e. The molecule has 18 heavy (non-hydrogen) atoms. The Kier molecular flexibility index (Phi) is 2.25. The molecular formula is C12H8F2N2O2. The second-order valence-electron chi connectivity index (χ2n) is 3.98. The minimum absolute atomic E-state index is 0.0820. The molecule has 4 nitrogen and oxygen atoms in total. The van der Waals surface area contributed by atoms with Gasteiger partial charge in [0.1, 0.15) is 17.9 Å². The van der Waals surface area contributed by atoms with Gasteiger partial charge < -0.3 is 9.72 Å². The molecule has 1 aromatic heterocycles. The lowest BCUT2D eigenvalue weighted by Gasteiger charge is -2.13. The highest BCUT2D eigenvalue weighted by molar-refractivity contribution is 5.80.